The van der Waals surface area contributed by atoms with Gasteiger partial charge in [0.25, 0.3) is 0 Å². The third-order valence-corrected chi connectivity index (χ3v) is 3.03. The van der Waals surface area contributed by atoms with Crippen molar-refractivity contribution in [2.75, 3.05) is 0 Å². The first-order valence-corrected chi connectivity index (χ1v) is 5.56. The van der Waals surface area contributed by atoms with E-state index in [0.29, 0.717) is 11.1 Å². The van der Waals surface area contributed by atoms with Gasteiger partial charge in [-0.15, -0.1) is 0 Å². The number of rotatable bonds is 1. The number of hydrogen-bond donors (Lipinski definition) is 0. The molecule has 18 heavy (non-hydrogen) atoms. The van der Waals surface area contributed by atoms with Crippen LogP contribution in [-0.2, 0) is 7.05 Å². The lowest BCUT2D eigenvalue weighted by Gasteiger charge is -2.14. The highest BCUT2D eigenvalue weighted by atomic mass is 16.1. The van der Waals surface area contributed by atoms with Gasteiger partial charge in [-0.2, -0.15) is 0 Å². The number of pyridine rings is 1. The summed E-state index contributed by atoms with van der Waals surface area (Å²) >= 11 is 0. The molecule has 2 aromatic heterocycles. The van der Waals surface area contributed by atoms with E-state index < -0.39 is 0 Å². The Morgan fingerprint density at radius 2 is 2.00 bits per heavy atom. The van der Waals surface area contributed by atoms with Gasteiger partial charge in [0.05, 0.1) is 16.8 Å². The van der Waals surface area contributed by atoms with Gasteiger partial charge in [0.2, 0.25) is 5.78 Å². The molecule has 0 unspecified atom stereocenters. The molecule has 0 radical (unpaired) electrons. The summed E-state index contributed by atoms with van der Waals surface area (Å²) in [6.07, 6.45) is 4.75. The third kappa shape index (κ3) is 1.43. The van der Waals surface area contributed by atoms with Crippen LogP contribution in [0.25, 0.3) is 5.57 Å². The van der Waals surface area contributed by atoms with Gasteiger partial charge in [-0.25, -0.2) is 0 Å². The summed E-state index contributed by atoms with van der Waals surface area (Å²) in [5.74, 6) is -0.374. The molecule has 1 aliphatic carbocycles. The lowest BCUT2D eigenvalue weighted by Crippen LogP contribution is -2.18. The first-order valence-electron chi connectivity index (χ1n) is 5.56. The first-order chi connectivity index (χ1) is 8.68. The largest absolute Gasteiger partial charge is 0.350 e. The Hall–Kier alpha value is -2.49. The number of aromatic nitrogens is 2. The smallest absolute Gasteiger partial charge is 0.214 e. The Bertz CT molecular complexity index is 695. The second-order valence-corrected chi connectivity index (χ2v) is 4.16. The quantitative estimate of drug-likeness (QED) is 0.762. The van der Waals surface area contributed by atoms with Crippen LogP contribution in [-0.4, -0.2) is 21.1 Å². The Balaban J connectivity index is 2.19. The SMILES string of the molecule is Cn1cccc1C1=CC(=O)c2cccnc2C1=O. The number of carbonyl (C=O) groups excluding carboxylic acids is 2. The molecule has 2 aromatic rings. The molecule has 4 nitrogen and oxygen atoms in total. The number of carbonyl (C=O) groups is 2. The molecule has 0 aromatic carbocycles. The molecule has 0 aliphatic heterocycles. The van der Waals surface area contributed by atoms with E-state index in [9.17, 15) is 9.59 Å². The van der Waals surface area contributed by atoms with Gasteiger partial charge >= 0.3 is 0 Å². The van der Waals surface area contributed by atoms with Crippen LogP contribution < -0.4 is 0 Å². The van der Waals surface area contributed by atoms with Gasteiger partial charge in [0.15, 0.2) is 5.78 Å². The number of hydrogen-bond acceptors (Lipinski definition) is 3. The maximum atomic E-state index is 12.3. The van der Waals surface area contributed by atoms with Crippen molar-refractivity contribution in [2.45, 2.75) is 0 Å². The zero-order chi connectivity index (χ0) is 12.7. The molecule has 2 heterocycles. The van der Waals surface area contributed by atoms with Crippen LogP contribution in [0.4, 0.5) is 0 Å². The Morgan fingerprint density at radius 1 is 1.17 bits per heavy atom. The van der Waals surface area contributed by atoms with Crippen LogP contribution in [0.3, 0.4) is 0 Å². The zero-order valence-corrected chi connectivity index (χ0v) is 9.75. The van der Waals surface area contributed by atoms with Crippen LogP contribution in [0.2, 0.25) is 0 Å². The second-order valence-electron chi connectivity index (χ2n) is 4.16. The van der Waals surface area contributed by atoms with E-state index in [2.05, 4.69) is 4.98 Å². The van der Waals surface area contributed by atoms with Crippen LogP contribution >= 0.6 is 0 Å². The van der Waals surface area contributed by atoms with Gasteiger partial charge in [-0.05, 0) is 30.3 Å². The third-order valence-electron chi connectivity index (χ3n) is 3.03. The van der Waals surface area contributed by atoms with Crippen LogP contribution in [0.1, 0.15) is 26.5 Å². The number of nitrogens with zero attached hydrogens (tertiary/aromatic N) is 2. The number of allylic oxidation sites excluding steroid dienone is 2. The van der Waals surface area contributed by atoms with Crippen LogP contribution in [0.15, 0.2) is 42.7 Å². The van der Waals surface area contributed by atoms with Crippen LogP contribution in [0, 0.1) is 0 Å². The highest BCUT2D eigenvalue weighted by molar-refractivity contribution is 6.37. The molecule has 0 atom stereocenters. The summed E-state index contributed by atoms with van der Waals surface area (Å²) in [6, 6.07) is 6.93. The summed E-state index contributed by atoms with van der Waals surface area (Å²) < 4.78 is 1.81. The summed E-state index contributed by atoms with van der Waals surface area (Å²) in [6.45, 7) is 0. The molecule has 88 valence electrons. The average molecular weight is 238 g/mol. The maximum absolute atomic E-state index is 12.3. The predicted octanol–water partition coefficient (Wildman–Crippen LogP) is 1.88. The summed E-state index contributed by atoms with van der Waals surface area (Å²) in [7, 11) is 1.84. The van der Waals surface area contributed by atoms with Crippen LogP contribution in [0.5, 0.6) is 0 Å². The topological polar surface area (TPSA) is 52.0 Å². The van der Waals surface area contributed by atoms with E-state index in [-0.39, 0.29) is 17.3 Å². The summed E-state index contributed by atoms with van der Waals surface area (Å²) in [4.78, 5) is 28.3. The molecule has 0 amide bonds. The molecule has 0 fully saturated rings. The van der Waals surface area contributed by atoms with E-state index in [1.807, 2.05) is 29.9 Å². The highest BCUT2D eigenvalue weighted by Gasteiger charge is 2.28. The maximum Gasteiger partial charge on any atom is 0.214 e. The lowest BCUT2D eigenvalue weighted by molar-refractivity contribution is 0.0997. The number of Topliss-reactive ketones (excluding diaryl/α,β-unsaturated/α-hetero) is 1. The summed E-state index contributed by atoms with van der Waals surface area (Å²) in [5.41, 5.74) is 1.74. The van der Waals surface area contributed by atoms with E-state index in [4.69, 9.17) is 0 Å². The van der Waals surface area contributed by atoms with Gasteiger partial charge in [-0.3, -0.25) is 14.6 Å². The highest BCUT2D eigenvalue weighted by Crippen LogP contribution is 2.26. The minimum atomic E-state index is -0.202. The van der Waals surface area contributed by atoms with Crippen molar-refractivity contribution >= 4 is 17.1 Å². The van der Waals surface area contributed by atoms with E-state index in [0.717, 1.165) is 5.69 Å². The molecular weight excluding hydrogens is 228 g/mol. The Kier molecular flexibility index (Phi) is 2.23. The number of aryl methyl sites for hydroxylation is 1. The lowest BCUT2D eigenvalue weighted by atomic mass is 9.92. The van der Waals surface area contributed by atoms with E-state index >= 15 is 0 Å². The van der Waals surface area contributed by atoms with Crippen molar-refractivity contribution in [3.63, 3.8) is 0 Å². The zero-order valence-electron chi connectivity index (χ0n) is 9.75. The minimum Gasteiger partial charge on any atom is -0.350 e. The van der Waals surface area contributed by atoms with Crippen molar-refractivity contribution in [3.05, 3.63) is 59.7 Å². The molecular formula is C14H10N2O2. The molecule has 4 heteroatoms. The van der Waals surface area contributed by atoms with Gasteiger partial charge < -0.3 is 4.57 Å². The van der Waals surface area contributed by atoms with Crippen molar-refractivity contribution in [1.82, 2.24) is 9.55 Å². The van der Waals surface area contributed by atoms with Crippen molar-refractivity contribution < 1.29 is 9.59 Å². The molecule has 3 rings (SSSR count). The number of fused-ring (bicyclic) bond motifs is 1. The monoisotopic (exact) mass is 238 g/mol. The average Bonchev–Trinajstić information content (AvgIpc) is 2.80. The van der Waals surface area contributed by atoms with E-state index in [1.54, 1.807) is 12.1 Å². The molecule has 1 aliphatic rings. The van der Waals surface area contributed by atoms with Crippen molar-refractivity contribution in [1.29, 1.82) is 0 Å². The standard InChI is InChI=1S/C14H10N2O2/c1-16-7-3-5-11(16)10-8-12(17)9-4-2-6-15-13(9)14(10)18/h2-8H,1H3. The van der Waals surface area contributed by atoms with Crippen molar-refractivity contribution in [2.24, 2.45) is 7.05 Å². The first kappa shape index (κ1) is 10.7. The summed E-state index contributed by atoms with van der Waals surface area (Å²) in [5, 5.41) is 0. The fourth-order valence-electron chi connectivity index (χ4n) is 2.12. The second kappa shape index (κ2) is 3.77. The molecule has 0 saturated carbocycles. The fourth-order valence-corrected chi connectivity index (χ4v) is 2.12. The number of ketones is 2. The Labute approximate surface area is 104 Å². The van der Waals surface area contributed by atoms with Gasteiger partial charge in [-0.1, -0.05) is 0 Å². The van der Waals surface area contributed by atoms with Gasteiger partial charge in [0, 0.05) is 19.4 Å². The fraction of sp³-hybridized carbons (Fsp3) is 0.0714. The predicted molar refractivity (Wildman–Crippen MR) is 66.3 cm³/mol. The Morgan fingerprint density at radius 3 is 2.72 bits per heavy atom. The van der Waals surface area contributed by atoms with Crippen molar-refractivity contribution in [3.8, 4) is 0 Å². The molecule has 0 spiro atoms. The molecule has 0 bridgehead atoms. The van der Waals surface area contributed by atoms with E-state index in [1.165, 1.54) is 12.3 Å². The van der Waals surface area contributed by atoms with Gasteiger partial charge in [0.1, 0.15) is 5.69 Å². The molecule has 0 N–H and O–H groups in total. The normalized spacial score (nSPS) is 14.4. The minimum absolute atomic E-state index is 0.172. The molecule has 0 saturated heterocycles.